The van der Waals surface area contributed by atoms with Gasteiger partial charge in [0.25, 0.3) is 0 Å². The van der Waals surface area contributed by atoms with Gasteiger partial charge in [0.05, 0.1) is 13.2 Å². The van der Waals surface area contributed by atoms with Crippen LogP contribution >= 0.6 is 7.82 Å². The monoisotopic (exact) mass is 1300 g/mol. The van der Waals surface area contributed by atoms with Gasteiger partial charge in [-0.2, -0.15) is 0 Å². The average Bonchev–Trinajstić information content (AvgIpc) is 3.74. The summed E-state index contributed by atoms with van der Waals surface area (Å²) in [7, 11) is -4.39. The Morgan fingerprint density at radius 3 is 0.846 bits per heavy atom. The van der Waals surface area contributed by atoms with Crippen molar-refractivity contribution in [3.63, 3.8) is 0 Å². The minimum atomic E-state index is -4.39. The molecule has 0 rings (SSSR count). The zero-order valence-corrected chi connectivity index (χ0v) is 61.8. The number of hydrogen-bond donors (Lipinski definition) is 2. The normalized spacial score (nSPS) is 13.0. The molecule has 10 heteroatoms. The smallest absolute Gasteiger partial charge is 0.462 e. The van der Waals surface area contributed by atoms with Crippen LogP contribution in [0.4, 0.5) is 0 Å². The molecule has 0 aromatic heterocycles. The quantitative estimate of drug-likeness (QED) is 0.0264. The van der Waals surface area contributed by atoms with E-state index in [4.69, 9.17) is 24.3 Å². The van der Waals surface area contributed by atoms with Crippen LogP contribution in [0.2, 0.25) is 0 Å². The molecule has 0 aliphatic rings. The standard InChI is InChI=1S/C81H156NO8P/c1-3-5-7-9-11-13-15-17-19-21-23-25-27-29-31-33-35-37-38-39-40-42-44-46-48-50-52-54-56-58-60-62-64-66-68-70-72-74-81(84)90-79(78-89-91(85,86)88-76-75-82)77-87-80(83)73-71-69-67-65-63-61-59-57-55-53-51-49-47-45-43-41-36-34-32-30-28-26-24-22-20-18-16-14-12-10-8-6-4-2/h15,17,21,23,27,29,79H,3-14,16,18-20,22,24-26,28,30-78,82H2,1-2H3,(H,85,86)/b17-15-,23-21-,29-27-. The summed E-state index contributed by atoms with van der Waals surface area (Å²) < 4.78 is 33.3. The highest BCUT2D eigenvalue weighted by Crippen LogP contribution is 2.43. The van der Waals surface area contributed by atoms with Gasteiger partial charge in [0, 0.05) is 19.4 Å². The lowest BCUT2D eigenvalue weighted by Crippen LogP contribution is -2.29. The number of nitrogens with two attached hydrogens (primary N) is 1. The summed E-state index contributed by atoms with van der Waals surface area (Å²) in [5.41, 5.74) is 5.42. The molecule has 0 amide bonds. The van der Waals surface area contributed by atoms with E-state index in [0.717, 1.165) is 44.9 Å². The van der Waals surface area contributed by atoms with Crippen molar-refractivity contribution < 1.29 is 37.6 Å². The zero-order valence-electron chi connectivity index (χ0n) is 60.9. The fourth-order valence-corrected chi connectivity index (χ4v) is 13.3. The van der Waals surface area contributed by atoms with Crippen molar-refractivity contribution in [1.29, 1.82) is 0 Å². The van der Waals surface area contributed by atoms with Gasteiger partial charge in [-0.05, 0) is 51.4 Å². The molecule has 3 N–H and O–H groups in total. The maximum Gasteiger partial charge on any atom is 0.472 e. The number of unbranched alkanes of at least 4 members (excludes halogenated alkanes) is 59. The first-order chi connectivity index (χ1) is 44.8. The van der Waals surface area contributed by atoms with Crippen LogP contribution < -0.4 is 5.73 Å². The van der Waals surface area contributed by atoms with E-state index in [0.29, 0.717) is 6.42 Å². The van der Waals surface area contributed by atoms with E-state index >= 15 is 0 Å². The maximum absolute atomic E-state index is 12.8. The number of carbonyl (C=O) groups excluding carboxylic acids is 2. The average molecular weight is 1300 g/mol. The van der Waals surface area contributed by atoms with Crippen molar-refractivity contribution in [2.24, 2.45) is 5.73 Å². The topological polar surface area (TPSA) is 134 Å². The lowest BCUT2D eigenvalue weighted by atomic mass is 10.0. The zero-order chi connectivity index (χ0) is 65.8. The number of phosphoric acid groups is 1. The van der Waals surface area contributed by atoms with E-state index in [1.807, 2.05) is 0 Å². The van der Waals surface area contributed by atoms with Crippen LogP contribution in [-0.2, 0) is 32.7 Å². The van der Waals surface area contributed by atoms with E-state index in [2.05, 4.69) is 50.3 Å². The number of ether oxygens (including phenoxy) is 2. The second-order valence-corrected chi connectivity index (χ2v) is 29.1. The van der Waals surface area contributed by atoms with Gasteiger partial charge in [0.1, 0.15) is 6.61 Å². The molecule has 0 radical (unpaired) electrons. The summed E-state index contributed by atoms with van der Waals surface area (Å²) in [6, 6.07) is 0. The third-order valence-corrected chi connectivity index (χ3v) is 19.5. The first-order valence-electron chi connectivity index (χ1n) is 40.5. The van der Waals surface area contributed by atoms with Crippen molar-refractivity contribution in [3.8, 4) is 0 Å². The Bertz CT molecular complexity index is 1590. The van der Waals surface area contributed by atoms with Crippen LogP contribution in [0.3, 0.4) is 0 Å². The van der Waals surface area contributed by atoms with Gasteiger partial charge in [0.2, 0.25) is 0 Å². The number of carbonyl (C=O) groups is 2. The van der Waals surface area contributed by atoms with Crippen molar-refractivity contribution in [2.75, 3.05) is 26.4 Å². The molecule has 2 unspecified atom stereocenters. The largest absolute Gasteiger partial charge is 0.472 e. The molecule has 0 spiro atoms. The minimum Gasteiger partial charge on any atom is -0.462 e. The van der Waals surface area contributed by atoms with E-state index in [9.17, 15) is 19.0 Å². The van der Waals surface area contributed by atoms with E-state index in [1.54, 1.807) is 0 Å². The van der Waals surface area contributed by atoms with Gasteiger partial charge in [-0.15, -0.1) is 0 Å². The molecule has 0 saturated heterocycles. The molecule has 0 bridgehead atoms. The Hall–Kier alpha value is -1.77. The van der Waals surface area contributed by atoms with Crippen molar-refractivity contribution in [2.45, 2.75) is 444 Å². The Balaban J connectivity index is 3.75. The first-order valence-corrected chi connectivity index (χ1v) is 42.0. The molecule has 2 atom stereocenters. The maximum atomic E-state index is 12.8. The highest BCUT2D eigenvalue weighted by atomic mass is 31.2. The summed E-state index contributed by atoms with van der Waals surface area (Å²) in [6.07, 6.45) is 98.7. The number of hydrogen-bond acceptors (Lipinski definition) is 8. The van der Waals surface area contributed by atoms with Crippen LogP contribution in [0.25, 0.3) is 0 Å². The van der Waals surface area contributed by atoms with E-state index in [-0.39, 0.29) is 38.6 Å². The molecule has 0 aromatic carbocycles. The number of rotatable bonds is 78. The van der Waals surface area contributed by atoms with Crippen LogP contribution in [0.15, 0.2) is 36.5 Å². The minimum absolute atomic E-state index is 0.0568. The SMILES string of the molecule is CCCCCCC/C=C\C/C=C\C/C=C\CCCCCCCCCCCCCCCCCCCCCCCCC(=O)OC(COC(=O)CCCCCCCCCCCCCCCCCCCCCCCCCCCCCCCCCCC)COP(=O)(O)OCCN. The molecule has 0 fully saturated rings. The second-order valence-electron chi connectivity index (χ2n) is 27.7. The molecule has 0 aliphatic heterocycles. The van der Waals surface area contributed by atoms with Gasteiger partial charge in [-0.25, -0.2) is 4.57 Å². The van der Waals surface area contributed by atoms with Crippen molar-refractivity contribution in [3.05, 3.63) is 36.5 Å². The third-order valence-electron chi connectivity index (χ3n) is 18.5. The summed E-state index contributed by atoms with van der Waals surface area (Å²) in [4.78, 5) is 35.5. The molecule has 91 heavy (non-hydrogen) atoms. The van der Waals surface area contributed by atoms with Gasteiger partial charge >= 0.3 is 19.8 Å². The lowest BCUT2D eigenvalue weighted by Gasteiger charge is -2.19. The molecular formula is C81H156NO8P. The number of esters is 2. The summed E-state index contributed by atoms with van der Waals surface area (Å²) in [5.74, 6) is -0.799. The summed E-state index contributed by atoms with van der Waals surface area (Å²) in [6.45, 7) is 3.82. The molecule has 9 nitrogen and oxygen atoms in total. The Morgan fingerprint density at radius 2 is 0.571 bits per heavy atom. The highest BCUT2D eigenvalue weighted by molar-refractivity contribution is 7.47. The van der Waals surface area contributed by atoms with Gasteiger partial charge in [-0.1, -0.05) is 410 Å². The van der Waals surface area contributed by atoms with Crippen LogP contribution in [0.5, 0.6) is 0 Å². The number of allylic oxidation sites excluding steroid dienone is 6. The molecule has 0 aromatic rings. The predicted octanol–water partition coefficient (Wildman–Crippen LogP) is 27.0. The van der Waals surface area contributed by atoms with Gasteiger partial charge in [-0.3, -0.25) is 18.6 Å². The Morgan fingerprint density at radius 1 is 0.330 bits per heavy atom. The first kappa shape index (κ1) is 89.2. The Kier molecular flexibility index (Phi) is 75.7. The van der Waals surface area contributed by atoms with Crippen molar-refractivity contribution in [1.82, 2.24) is 0 Å². The predicted molar refractivity (Wildman–Crippen MR) is 395 cm³/mol. The molecular weight excluding hydrogens is 1150 g/mol. The molecule has 0 heterocycles. The summed E-state index contributed by atoms with van der Waals surface area (Å²) >= 11 is 0. The second kappa shape index (κ2) is 77.2. The third kappa shape index (κ3) is 77.1. The number of phosphoric ester groups is 1. The fourth-order valence-electron chi connectivity index (χ4n) is 12.5. The van der Waals surface area contributed by atoms with E-state index < -0.39 is 26.5 Å². The fraction of sp³-hybridized carbons (Fsp3) is 0.901. The lowest BCUT2D eigenvalue weighted by molar-refractivity contribution is -0.161. The van der Waals surface area contributed by atoms with Crippen molar-refractivity contribution >= 4 is 19.8 Å². The summed E-state index contributed by atoms with van der Waals surface area (Å²) in [5, 5.41) is 0. The van der Waals surface area contributed by atoms with Gasteiger partial charge in [0.15, 0.2) is 6.10 Å². The van der Waals surface area contributed by atoms with Crippen LogP contribution in [-0.4, -0.2) is 49.3 Å². The molecule has 538 valence electrons. The Labute approximate surface area is 566 Å². The van der Waals surface area contributed by atoms with Crippen LogP contribution in [0, 0.1) is 0 Å². The molecule has 0 aliphatic carbocycles. The van der Waals surface area contributed by atoms with Crippen LogP contribution in [0.1, 0.15) is 438 Å². The van der Waals surface area contributed by atoms with E-state index in [1.165, 1.54) is 360 Å². The molecule has 0 saturated carbocycles. The van der Waals surface area contributed by atoms with Gasteiger partial charge < -0.3 is 20.1 Å². The highest BCUT2D eigenvalue weighted by Gasteiger charge is 2.26.